The van der Waals surface area contributed by atoms with Gasteiger partial charge in [-0.15, -0.1) is 0 Å². The molecule has 0 atom stereocenters. The van der Waals surface area contributed by atoms with Crippen molar-refractivity contribution in [3.8, 4) is 0 Å². The third kappa shape index (κ3) is 3.15. The van der Waals surface area contributed by atoms with E-state index in [4.69, 9.17) is 5.73 Å². The molecule has 19 heavy (non-hydrogen) atoms. The highest BCUT2D eigenvalue weighted by Crippen LogP contribution is 2.31. The van der Waals surface area contributed by atoms with E-state index in [-0.39, 0.29) is 11.8 Å². The smallest absolute Gasteiger partial charge is 0.371 e. The number of carbonyl (C=O) groups excluding carboxylic acids is 1. The molecule has 2 N–H and O–H groups in total. The molecule has 4 nitrogen and oxygen atoms in total. The molecule has 0 saturated carbocycles. The van der Waals surface area contributed by atoms with Crippen LogP contribution < -0.4 is 10.6 Å². The molecule has 1 aliphatic rings. The topological polar surface area (TPSA) is 59.2 Å². The maximum absolute atomic E-state index is 12.6. The largest absolute Gasteiger partial charge is 0.433 e. The van der Waals surface area contributed by atoms with Crippen LogP contribution in [0.2, 0.25) is 0 Å². The number of primary amides is 1. The molecule has 0 spiro atoms. The molecule has 7 heteroatoms. The monoisotopic (exact) mass is 273 g/mol. The molecule has 1 amide bonds. The summed E-state index contributed by atoms with van der Waals surface area (Å²) in [5.74, 6) is -0.523. The minimum Gasteiger partial charge on any atom is -0.371 e. The number of hydrogen-bond donors (Lipinski definition) is 1. The minimum absolute atomic E-state index is 0.180. The van der Waals surface area contributed by atoms with E-state index in [0.717, 1.165) is 12.3 Å². The van der Waals surface area contributed by atoms with Gasteiger partial charge in [0, 0.05) is 30.9 Å². The van der Waals surface area contributed by atoms with E-state index in [1.54, 1.807) is 6.07 Å². The fraction of sp³-hybridized carbons (Fsp3) is 0.500. The Morgan fingerprint density at radius 1 is 1.37 bits per heavy atom. The molecule has 1 aliphatic heterocycles. The summed E-state index contributed by atoms with van der Waals surface area (Å²) in [6.45, 7) is 1.05. The number of alkyl halides is 3. The van der Waals surface area contributed by atoms with Crippen molar-refractivity contribution in [1.82, 2.24) is 4.98 Å². The number of rotatable bonds is 2. The lowest BCUT2D eigenvalue weighted by Crippen LogP contribution is -2.38. The highest BCUT2D eigenvalue weighted by Gasteiger charge is 2.33. The Hall–Kier alpha value is -1.79. The summed E-state index contributed by atoms with van der Waals surface area (Å²) in [4.78, 5) is 16.2. The molecular formula is C12H14F3N3O. The number of hydrogen-bond acceptors (Lipinski definition) is 3. The summed E-state index contributed by atoms with van der Waals surface area (Å²) in [7, 11) is 0. The maximum Gasteiger partial charge on any atom is 0.433 e. The second-order valence-corrected chi connectivity index (χ2v) is 4.56. The molecule has 0 aromatic carbocycles. The van der Waals surface area contributed by atoms with Gasteiger partial charge in [-0.2, -0.15) is 13.2 Å². The number of carbonyl (C=O) groups is 1. The maximum atomic E-state index is 12.6. The average Bonchev–Trinajstić information content (AvgIpc) is 2.38. The number of aromatic nitrogens is 1. The van der Waals surface area contributed by atoms with Crippen molar-refractivity contribution in [1.29, 1.82) is 0 Å². The van der Waals surface area contributed by atoms with E-state index in [9.17, 15) is 18.0 Å². The molecule has 0 aliphatic carbocycles. The van der Waals surface area contributed by atoms with Gasteiger partial charge in [-0.25, -0.2) is 0 Å². The third-order valence-corrected chi connectivity index (χ3v) is 3.30. The predicted molar refractivity (Wildman–Crippen MR) is 63.4 cm³/mol. The number of amides is 1. The van der Waals surface area contributed by atoms with Crippen LogP contribution >= 0.6 is 0 Å². The van der Waals surface area contributed by atoms with Gasteiger partial charge in [-0.05, 0) is 25.0 Å². The van der Waals surface area contributed by atoms with Gasteiger partial charge in [0.05, 0.1) is 0 Å². The SMILES string of the molecule is NC(=O)C1CCN(c2ccnc(C(F)(F)F)c2)CC1. The van der Waals surface area contributed by atoms with Crippen molar-refractivity contribution in [2.75, 3.05) is 18.0 Å². The molecule has 0 unspecified atom stereocenters. The van der Waals surface area contributed by atoms with E-state index in [0.29, 0.717) is 31.6 Å². The van der Waals surface area contributed by atoms with Crippen LogP contribution in [0.15, 0.2) is 18.3 Å². The Morgan fingerprint density at radius 3 is 2.53 bits per heavy atom. The Kier molecular flexibility index (Phi) is 3.64. The molecule has 2 rings (SSSR count). The van der Waals surface area contributed by atoms with Gasteiger partial charge in [0.2, 0.25) is 5.91 Å². The summed E-state index contributed by atoms with van der Waals surface area (Å²) in [6.07, 6.45) is -2.15. The summed E-state index contributed by atoms with van der Waals surface area (Å²) in [5, 5.41) is 0. The lowest BCUT2D eigenvalue weighted by molar-refractivity contribution is -0.141. The first-order valence-electron chi connectivity index (χ1n) is 5.95. The van der Waals surface area contributed by atoms with Crippen molar-refractivity contribution >= 4 is 11.6 Å². The molecule has 0 bridgehead atoms. The van der Waals surface area contributed by atoms with Crippen LogP contribution in [0.4, 0.5) is 18.9 Å². The fourth-order valence-electron chi connectivity index (χ4n) is 2.19. The predicted octanol–water partition coefficient (Wildman–Crippen LogP) is 1.80. The van der Waals surface area contributed by atoms with Crippen LogP contribution in [0, 0.1) is 5.92 Å². The van der Waals surface area contributed by atoms with Crippen molar-refractivity contribution in [3.63, 3.8) is 0 Å². The minimum atomic E-state index is -4.44. The zero-order valence-electron chi connectivity index (χ0n) is 10.2. The van der Waals surface area contributed by atoms with E-state index < -0.39 is 11.9 Å². The number of halogens is 3. The van der Waals surface area contributed by atoms with Gasteiger partial charge in [0.1, 0.15) is 5.69 Å². The first-order chi connectivity index (χ1) is 8.88. The summed E-state index contributed by atoms with van der Waals surface area (Å²) >= 11 is 0. The van der Waals surface area contributed by atoms with Gasteiger partial charge in [-0.3, -0.25) is 9.78 Å². The molecular weight excluding hydrogens is 259 g/mol. The molecule has 1 fully saturated rings. The Bertz CT molecular complexity index is 468. The molecule has 1 aromatic rings. The van der Waals surface area contributed by atoms with Crippen molar-refractivity contribution in [2.24, 2.45) is 11.7 Å². The lowest BCUT2D eigenvalue weighted by atomic mass is 9.96. The molecule has 104 valence electrons. The number of pyridine rings is 1. The number of piperidine rings is 1. The summed E-state index contributed by atoms with van der Waals surface area (Å²) < 4.78 is 37.7. The van der Waals surface area contributed by atoms with Crippen LogP contribution in [-0.4, -0.2) is 24.0 Å². The second-order valence-electron chi connectivity index (χ2n) is 4.56. The zero-order chi connectivity index (χ0) is 14.0. The first kappa shape index (κ1) is 13.6. The highest BCUT2D eigenvalue weighted by atomic mass is 19.4. The fourth-order valence-corrected chi connectivity index (χ4v) is 2.19. The molecule has 2 heterocycles. The lowest BCUT2D eigenvalue weighted by Gasteiger charge is -2.32. The Morgan fingerprint density at radius 2 is 2.00 bits per heavy atom. The first-order valence-corrected chi connectivity index (χ1v) is 5.95. The van der Waals surface area contributed by atoms with Crippen molar-refractivity contribution in [2.45, 2.75) is 19.0 Å². The number of anilines is 1. The zero-order valence-corrected chi connectivity index (χ0v) is 10.2. The average molecular weight is 273 g/mol. The van der Waals surface area contributed by atoms with E-state index in [1.807, 2.05) is 4.90 Å². The van der Waals surface area contributed by atoms with Crippen LogP contribution in [0.5, 0.6) is 0 Å². The highest BCUT2D eigenvalue weighted by molar-refractivity contribution is 5.77. The van der Waals surface area contributed by atoms with Gasteiger partial charge in [0.25, 0.3) is 0 Å². The van der Waals surface area contributed by atoms with Crippen molar-refractivity contribution < 1.29 is 18.0 Å². The normalized spacial score (nSPS) is 17.5. The second kappa shape index (κ2) is 5.07. The van der Waals surface area contributed by atoms with Gasteiger partial charge in [-0.1, -0.05) is 0 Å². The molecule has 1 saturated heterocycles. The van der Waals surface area contributed by atoms with E-state index >= 15 is 0 Å². The van der Waals surface area contributed by atoms with Gasteiger partial charge in [0.15, 0.2) is 0 Å². The Labute approximate surface area is 108 Å². The summed E-state index contributed by atoms with van der Waals surface area (Å²) in [5.41, 5.74) is 4.79. The van der Waals surface area contributed by atoms with E-state index in [2.05, 4.69) is 4.98 Å². The van der Waals surface area contributed by atoms with Crippen LogP contribution in [0.25, 0.3) is 0 Å². The quantitative estimate of drug-likeness (QED) is 0.894. The van der Waals surface area contributed by atoms with Gasteiger partial charge < -0.3 is 10.6 Å². The summed E-state index contributed by atoms with van der Waals surface area (Å²) in [6, 6.07) is 2.57. The van der Waals surface area contributed by atoms with Gasteiger partial charge >= 0.3 is 6.18 Å². The Balaban J connectivity index is 2.10. The van der Waals surface area contributed by atoms with E-state index in [1.165, 1.54) is 0 Å². The third-order valence-electron chi connectivity index (χ3n) is 3.30. The molecule has 1 aromatic heterocycles. The van der Waals surface area contributed by atoms with Crippen molar-refractivity contribution in [3.05, 3.63) is 24.0 Å². The van der Waals surface area contributed by atoms with Crippen LogP contribution in [-0.2, 0) is 11.0 Å². The molecule has 0 radical (unpaired) electrons. The standard InChI is InChI=1S/C12H14F3N3O/c13-12(14,15)10-7-9(1-4-17-10)18-5-2-8(3-6-18)11(16)19/h1,4,7-8H,2-3,5-6H2,(H2,16,19). The van der Waals surface area contributed by atoms with Crippen LogP contribution in [0.3, 0.4) is 0 Å². The number of nitrogens with two attached hydrogens (primary N) is 1. The van der Waals surface area contributed by atoms with Crippen LogP contribution in [0.1, 0.15) is 18.5 Å². The number of nitrogens with zero attached hydrogens (tertiary/aromatic N) is 2.